The molecule has 0 fully saturated rings. The van der Waals surface area contributed by atoms with Crippen molar-refractivity contribution in [2.24, 2.45) is 5.73 Å². The smallest absolute Gasteiger partial charge is 0.320 e. The van der Waals surface area contributed by atoms with Crippen LogP contribution in [0.4, 0.5) is 4.39 Å². The molecule has 0 amide bonds. The number of carboxylic acids is 1. The lowest BCUT2D eigenvalue weighted by Crippen LogP contribution is -2.33. The predicted octanol–water partition coefficient (Wildman–Crippen LogP) is 1.32. The van der Waals surface area contributed by atoms with Gasteiger partial charge in [-0.25, -0.2) is 4.39 Å². The highest BCUT2D eigenvalue weighted by Crippen LogP contribution is 2.27. The van der Waals surface area contributed by atoms with Gasteiger partial charge in [0.2, 0.25) is 0 Å². The van der Waals surface area contributed by atoms with Gasteiger partial charge in [0.1, 0.15) is 11.9 Å². The molecule has 0 saturated carbocycles. The molecule has 1 atom stereocenters. The number of carboxylic acid groups (broad SMARTS) is 1. The number of benzene rings is 1. The van der Waals surface area contributed by atoms with E-state index in [0.29, 0.717) is 16.7 Å². The Balaban J connectivity index is 3.22. The summed E-state index contributed by atoms with van der Waals surface area (Å²) in [5.74, 6) is -1.64. The Kier molecular flexibility index (Phi) is 4.09. The first-order valence-electron chi connectivity index (χ1n) is 5.63. The van der Waals surface area contributed by atoms with E-state index in [-0.39, 0.29) is 6.42 Å². The van der Waals surface area contributed by atoms with Gasteiger partial charge in [-0.15, -0.1) is 0 Å². The molecule has 0 heterocycles. The summed E-state index contributed by atoms with van der Waals surface area (Å²) >= 11 is 0. The lowest BCUT2D eigenvalue weighted by atomic mass is 9.89. The van der Waals surface area contributed by atoms with E-state index in [1.807, 2.05) is 0 Å². The molecule has 0 bridgehead atoms. The second-order valence-corrected chi connectivity index (χ2v) is 4.95. The average Bonchev–Trinajstić information content (AvgIpc) is 2.21. The van der Waals surface area contributed by atoms with Gasteiger partial charge in [-0.1, -0.05) is 0 Å². The molecule has 1 aromatic rings. The number of aliphatic carboxylic acids is 1. The highest BCUT2D eigenvalue weighted by molar-refractivity contribution is 5.73. The molecule has 0 aromatic heterocycles. The maximum absolute atomic E-state index is 13.5. The summed E-state index contributed by atoms with van der Waals surface area (Å²) in [5.41, 5.74) is 5.86. The number of hydrogen-bond donors (Lipinski definition) is 3. The first kappa shape index (κ1) is 14.6. The van der Waals surface area contributed by atoms with Crippen molar-refractivity contribution in [3.63, 3.8) is 0 Å². The van der Waals surface area contributed by atoms with Crippen LogP contribution in [0, 0.1) is 12.7 Å². The van der Waals surface area contributed by atoms with Crippen LogP contribution in [0.1, 0.15) is 30.5 Å². The fraction of sp³-hybridized carbons (Fsp3) is 0.462. The van der Waals surface area contributed by atoms with E-state index in [1.54, 1.807) is 20.8 Å². The number of aliphatic hydroxyl groups is 1. The van der Waals surface area contributed by atoms with Gasteiger partial charge in [0, 0.05) is 0 Å². The van der Waals surface area contributed by atoms with Crippen LogP contribution >= 0.6 is 0 Å². The van der Waals surface area contributed by atoms with Gasteiger partial charge in [-0.2, -0.15) is 0 Å². The minimum atomic E-state index is -1.19. The van der Waals surface area contributed by atoms with Gasteiger partial charge in [-0.3, -0.25) is 4.79 Å². The summed E-state index contributed by atoms with van der Waals surface area (Å²) in [6, 6.07) is 1.43. The Morgan fingerprint density at radius 1 is 1.50 bits per heavy atom. The van der Waals surface area contributed by atoms with E-state index >= 15 is 0 Å². The minimum absolute atomic E-state index is 0.0298. The van der Waals surface area contributed by atoms with Crippen molar-refractivity contribution in [1.29, 1.82) is 0 Å². The third kappa shape index (κ3) is 3.27. The van der Waals surface area contributed by atoms with Crippen molar-refractivity contribution in [2.45, 2.75) is 38.8 Å². The van der Waals surface area contributed by atoms with Crippen LogP contribution in [0.5, 0.6) is 0 Å². The normalized spacial score (nSPS) is 13.4. The lowest BCUT2D eigenvalue weighted by molar-refractivity contribution is -0.138. The van der Waals surface area contributed by atoms with Gasteiger partial charge in [-0.05, 0) is 56.0 Å². The van der Waals surface area contributed by atoms with Crippen molar-refractivity contribution in [2.75, 3.05) is 0 Å². The third-order valence-electron chi connectivity index (χ3n) is 2.90. The molecule has 0 radical (unpaired) electrons. The Labute approximate surface area is 105 Å². The van der Waals surface area contributed by atoms with Gasteiger partial charge in [0.25, 0.3) is 0 Å². The van der Waals surface area contributed by atoms with Crippen LogP contribution in [0.3, 0.4) is 0 Å². The van der Waals surface area contributed by atoms with Crippen LogP contribution in [0.15, 0.2) is 12.1 Å². The quantitative estimate of drug-likeness (QED) is 0.757. The molecular formula is C13H18FNO3. The van der Waals surface area contributed by atoms with Crippen LogP contribution in [0.25, 0.3) is 0 Å². The van der Waals surface area contributed by atoms with E-state index in [2.05, 4.69) is 0 Å². The highest BCUT2D eigenvalue weighted by atomic mass is 19.1. The zero-order valence-corrected chi connectivity index (χ0v) is 10.7. The third-order valence-corrected chi connectivity index (χ3v) is 2.90. The largest absolute Gasteiger partial charge is 0.480 e. The lowest BCUT2D eigenvalue weighted by Gasteiger charge is -2.23. The topological polar surface area (TPSA) is 83.6 Å². The monoisotopic (exact) mass is 255 g/mol. The van der Waals surface area contributed by atoms with E-state index in [1.165, 1.54) is 12.1 Å². The highest BCUT2D eigenvalue weighted by Gasteiger charge is 2.23. The zero-order valence-electron chi connectivity index (χ0n) is 10.7. The molecule has 18 heavy (non-hydrogen) atoms. The average molecular weight is 255 g/mol. The Hall–Kier alpha value is -1.46. The minimum Gasteiger partial charge on any atom is -0.480 e. The van der Waals surface area contributed by atoms with Crippen LogP contribution in [-0.2, 0) is 16.8 Å². The van der Waals surface area contributed by atoms with Gasteiger partial charge >= 0.3 is 5.97 Å². The van der Waals surface area contributed by atoms with Crippen molar-refractivity contribution < 1.29 is 19.4 Å². The van der Waals surface area contributed by atoms with Crippen molar-refractivity contribution in [3.05, 3.63) is 34.6 Å². The molecule has 0 aliphatic rings. The SMILES string of the molecule is Cc1c(CC(N)C(=O)O)cc(F)cc1C(C)(C)O. The second kappa shape index (κ2) is 5.04. The maximum atomic E-state index is 13.5. The molecule has 5 heteroatoms. The van der Waals surface area contributed by atoms with Crippen molar-refractivity contribution in [3.8, 4) is 0 Å². The molecule has 1 rings (SSSR count). The summed E-state index contributed by atoms with van der Waals surface area (Å²) in [6.07, 6.45) is 0.0298. The molecular weight excluding hydrogens is 237 g/mol. The first-order chi connectivity index (χ1) is 8.12. The maximum Gasteiger partial charge on any atom is 0.320 e. The molecule has 1 aromatic carbocycles. The van der Waals surface area contributed by atoms with Gasteiger partial charge in [0.15, 0.2) is 0 Å². The Morgan fingerprint density at radius 2 is 2.06 bits per heavy atom. The number of carbonyl (C=O) groups is 1. The second-order valence-electron chi connectivity index (χ2n) is 4.95. The molecule has 0 spiro atoms. The Bertz CT molecular complexity index is 466. The van der Waals surface area contributed by atoms with E-state index in [9.17, 15) is 14.3 Å². The summed E-state index contributed by atoms with van der Waals surface area (Å²) < 4.78 is 13.5. The molecule has 1 unspecified atom stereocenters. The summed E-state index contributed by atoms with van der Waals surface area (Å²) in [5, 5.41) is 18.7. The van der Waals surface area contributed by atoms with Crippen LogP contribution < -0.4 is 5.73 Å². The number of nitrogens with two attached hydrogens (primary N) is 1. The number of rotatable bonds is 4. The molecule has 0 saturated heterocycles. The van der Waals surface area contributed by atoms with Gasteiger partial charge in [0.05, 0.1) is 5.60 Å². The number of hydrogen-bond acceptors (Lipinski definition) is 3. The standard InChI is InChI=1S/C13H18FNO3/c1-7-8(5-11(15)12(16)17)4-9(14)6-10(7)13(2,3)18/h4,6,11,18H,5,15H2,1-3H3,(H,16,17). The zero-order chi connectivity index (χ0) is 14.1. The summed E-state index contributed by atoms with van der Waals surface area (Å²) in [6.45, 7) is 4.82. The van der Waals surface area contributed by atoms with Crippen molar-refractivity contribution in [1.82, 2.24) is 0 Å². The molecule has 0 aliphatic heterocycles. The Morgan fingerprint density at radius 3 is 2.50 bits per heavy atom. The summed E-state index contributed by atoms with van der Waals surface area (Å²) in [4.78, 5) is 10.7. The molecule has 100 valence electrons. The van der Waals surface area contributed by atoms with Crippen LogP contribution in [-0.4, -0.2) is 22.2 Å². The summed E-state index contributed by atoms with van der Waals surface area (Å²) in [7, 11) is 0. The van der Waals surface area contributed by atoms with E-state index in [0.717, 1.165) is 0 Å². The van der Waals surface area contributed by atoms with Gasteiger partial charge < -0.3 is 15.9 Å². The van der Waals surface area contributed by atoms with Crippen molar-refractivity contribution >= 4 is 5.97 Å². The fourth-order valence-electron chi connectivity index (χ4n) is 1.91. The van der Waals surface area contributed by atoms with Crippen LogP contribution in [0.2, 0.25) is 0 Å². The molecule has 4 nitrogen and oxygen atoms in total. The molecule has 4 N–H and O–H groups in total. The molecule has 0 aliphatic carbocycles. The fourth-order valence-corrected chi connectivity index (χ4v) is 1.91. The van der Waals surface area contributed by atoms with E-state index < -0.39 is 23.4 Å². The number of halogens is 1. The predicted molar refractivity (Wildman–Crippen MR) is 65.7 cm³/mol. The van der Waals surface area contributed by atoms with E-state index in [4.69, 9.17) is 10.8 Å². The first-order valence-corrected chi connectivity index (χ1v) is 5.63.